The number of hydrogen-bond acceptors (Lipinski definition) is 3. The van der Waals surface area contributed by atoms with Crippen LogP contribution in [-0.4, -0.2) is 27.5 Å². The van der Waals surface area contributed by atoms with Gasteiger partial charge in [-0.3, -0.25) is 0 Å². The van der Waals surface area contributed by atoms with Crippen molar-refractivity contribution in [1.82, 2.24) is 9.44 Å². The summed E-state index contributed by atoms with van der Waals surface area (Å²) in [6.07, 6.45) is 4.87. The third kappa shape index (κ3) is 5.25. The molecule has 0 aromatic rings. The summed E-state index contributed by atoms with van der Waals surface area (Å²) in [6, 6.07) is 0.311. The average molecular weight is 249 g/mol. The second-order valence-electron chi connectivity index (χ2n) is 4.53. The molecule has 0 bridgehead atoms. The topological polar surface area (TPSA) is 84.2 Å². The van der Waals surface area contributed by atoms with Gasteiger partial charge in [-0.05, 0) is 38.0 Å². The number of rotatable bonds is 6. The van der Waals surface area contributed by atoms with Gasteiger partial charge in [-0.15, -0.1) is 0 Å². The van der Waals surface area contributed by atoms with E-state index in [4.69, 9.17) is 5.73 Å². The molecule has 0 aromatic heterocycles. The quantitative estimate of drug-likeness (QED) is 0.634. The highest BCUT2D eigenvalue weighted by molar-refractivity contribution is 7.87. The molecule has 1 fully saturated rings. The number of nitrogens with two attached hydrogens (primary N) is 1. The highest BCUT2D eigenvalue weighted by Gasteiger charge is 2.20. The summed E-state index contributed by atoms with van der Waals surface area (Å²) in [6.45, 7) is 2.96. The zero-order valence-electron chi connectivity index (χ0n) is 9.91. The van der Waals surface area contributed by atoms with Crippen LogP contribution in [0.3, 0.4) is 0 Å². The van der Waals surface area contributed by atoms with Crippen molar-refractivity contribution in [2.75, 3.05) is 13.1 Å². The van der Waals surface area contributed by atoms with E-state index in [-0.39, 0.29) is 0 Å². The zero-order valence-corrected chi connectivity index (χ0v) is 10.7. The van der Waals surface area contributed by atoms with Gasteiger partial charge < -0.3 is 5.73 Å². The van der Waals surface area contributed by atoms with E-state index in [0.29, 0.717) is 25.0 Å². The second kappa shape index (κ2) is 6.54. The van der Waals surface area contributed by atoms with Crippen LogP contribution in [0.4, 0.5) is 0 Å². The fourth-order valence-electron chi connectivity index (χ4n) is 1.91. The van der Waals surface area contributed by atoms with Crippen LogP contribution in [0.25, 0.3) is 0 Å². The first-order valence-corrected chi connectivity index (χ1v) is 7.51. The van der Waals surface area contributed by atoms with Crippen molar-refractivity contribution >= 4 is 10.2 Å². The average Bonchev–Trinajstić information content (AvgIpc) is 2.26. The van der Waals surface area contributed by atoms with E-state index in [9.17, 15) is 8.42 Å². The largest absolute Gasteiger partial charge is 0.328 e. The molecule has 0 aliphatic heterocycles. The number of hydrogen-bond donors (Lipinski definition) is 3. The van der Waals surface area contributed by atoms with Crippen LogP contribution in [0.1, 0.15) is 39.0 Å². The fraction of sp³-hybridized carbons (Fsp3) is 1.00. The molecule has 0 unspecified atom stereocenters. The molecule has 6 heteroatoms. The van der Waals surface area contributed by atoms with Gasteiger partial charge in [0.05, 0.1) is 0 Å². The molecule has 16 heavy (non-hydrogen) atoms. The van der Waals surface area contributed by atoms with Crippen LogP contribution in [0.5, 0.6) is 0 Å². The van der Waals surface area contributed by atoms with E-state index in [2.05, 4.69) is 9.44 Å². The van der Waals surface area contributed by atoms with Crippen LogP contribution >= 0.6 is 0 Å². The lowest BCUT2D eigenvalue weighted by Crippen LogP contribution is -2.40. The smallest absolute Gasteiger partial charge is 0.276 e. The minimum atomic E-state index is -3.29. The monoisotopic (exact) mass is 249 g/mol. The summed E-state index contributed by atoms with van der Waals surface area (Å²) in [5, 5.41) is 0. The van der Waals surface area contributed by atoms with Gasteiger partial charge >= 0.3 is 0 Å². The molecule has 5 nitrogen and oxygen atoms in total. The SMILES string of the molecule is CCCNS(=O)(=O)NCC1CCC(N)CC1. The molecule has 0 amide bonds. The van der Waals surface area contributed by atoms with E-state index < -0.39 is 10.2 Å². The molecular weight excluding hydrogens is 226 g/mol. The first kappa shape index (κ1) is 13.9. The predicted molar refractivity (Wildman–Crippen MR) is 65.1 cm³/mol. The highest BCUT2D eigenvalue weighted by atomic mass is 32.2. The molecule has 0 atom stereocenters. The van der Waals surface area contributed by atoms with E-state index >= 15 is 0 Å². The standard InChI is InChI=1S/C10H23N3O2S/c1-2-7-12-16(14,15)13-8-9-3-5-10(11)6-4-9/h9-10,12-13H,2-8,11H2,1H3. The molecule has 0 heterocycles. The molecular formula is C10H23N3O2S. The first-order chi connectivity index (χ1) is 7.53. The van der Waals surface area contributed by atoms with Gasteiger partial charge in [0.2, 0.25) is 0 Å². The van der Waals surface area contributed by atoms with Gasteiger partial charge in [-0.2, -0.15) is 8.42 Å². The van der Waals surface area contributed by atoms with Gasteiger partial charge in [0.1, 0.15) is 0 Å². The van der Waals surface area contributed by atoms with Crippen molar-refractivity contribution < 1.29 is 8.42 Å². The van der Waals surface area contributed by atoms with Crippen molar-refractivity contribution in [3.8, 4) is 0 Å². The van der Waals surface area contributed by atoms with Crippen molar-refractivity contribution in [3.63, 3.8) is 0 Å². The molecule has 0 aromatic carbocycles. The Bertz CT molecular complexity index is 284. The summed E-state index contributed by atoms with van der Waals surface area (Å²) >= 11 is 0. The lowest BCUT2D eigenvalue weighted by Gasteiger charge is -2.26. The van der Waals surface area contributed by atoms with Crippen molar-refractivity contribution in [3.05, 3.63) is 0 Å². The van der Waals surface area contributed by atoms with Gasteiger partial charge in [0.25, 0.3) is 10.2 Å². The summed E-state index contributed by atoms with van der Waals surface area (Å²) in [5.41, 5.74) is 5.79. The normalized spacial score (nSPS) is 26.9. The van der Waals surface area contributed by atoms with Gasteiger partial charge in [0, 0.05) is 19.1 Å². The Morgan fingerprint density at radius 2 is 1.81 bits per heavy atom. The number of nitrogens with one attached hydrogen (secondary N) is 2. The van der Waals surface area contributed by atoms with Crippen molar-refractivity contribution in [2.24, 2.45) is 11.7 Å². The van der Waals surface area contributed by atoms with Crippen LogP contribution in [0.2, 0.25) is 0 Å². The molecule has 0 saturated heterocycles. The highest BCUT2D eigenvalue weighted by Crippen LogP contribution is 2.22. The van der Waals surface area contributed by atoms with Crippen molar-refractivity contribution in [2.45, 2.75) is 45.1 Å². The molecule has 96 valence electrons. The molecule has 1 aliphatic carbocycles. The summed E-state index contributed by atoms with van der Waals surface area (Å²) in [7, 11) is -3.29. The lowest BCUT2D eigenvalue weighted by molar-refractivity contribution is 0.326. The summed E-state index contributed by atoms with van der Waals surface area (Å²) in [4.78, 5) is 0. The Kier molecular flexibility index (Phi) is 5.68. The van der Waals surface area contributed by atoms with E-state index in [1.807, 2.05) is 6.92 Å². The first-order valence-electron chi connectivity index (χ1n) is 6.03. The molecule has 1 rings (SSSR count). The van der Waals surface area contributed by atoms with Gasteiger partial charge in [-0.25, -0.2) is 9.44 Å². The van der Waals surface area contributed by atoms with Crippen LogP contribution in [0.15, 0.2) is 0 Å². The van der Waals surface area contributed by atoms with Crippen LogP contribution in [0, 0.1) is 5.92 Å². The minimum absolute atomic E-state index is 0.311. The maximum atomic E-state index is 11.4. The molecule has 0 radical (unpaired) electrons. The maximum absolute atomic E-state index is 11.4. The zero-order chi connectivity index (χ0) is 12.0. The van der Waals surface area contributed by atoms with Crippen molar-refractivity contribution in [1.29, 1.82) is 0 Å². The molecule has 1 aliphatic rings. The van der Waals surface area contributed by atoms with Crippen LogP contribution < -0.4 is 15.2 Å². The van der Waals surface area contributed by atoms with E-state index in [1.165, 1.54) is 0 Å². The lowest BCUT2D eigenvalue weighted by atomic mass is 9.87. The summed E-state index contributed by atoms with van der Waals surface area (Å²) in [5.74, 6) is 0.443. The molecule has 4 N–H and O–H groups in total. The molecule has 0 spiro atoms. The maximum Gasteiger partial charge on any atom is 0.276 e. The van der Waals surface area contributed by atoms with Crippen LogP contribution in [-0.2, 0) is 10.2 Å². The fourth-order valence-corrected chi connectivity index (χ4v) is 2.94. The Hall–Kier alpha value is -0.170. The van der Waals surface area contributed by atoms with E-state index in [1.54, 1.807) is 0 Å². The van der Waals surface area contributed by atoms with E-state index in [0.717, 1.165) is 32.1 Å². The Morgan fingerprint density at radius 1 is 1.19 bits per heavy atom. The Balaban J connectivity index is 2.23. The summed E-state index contributed by atoms with van der Waals surface area (Å²) < 4.78 is 28.0. The Morgan fingerprint density at radius 3 is 2.38 bits per heavy atom. The second-order valence-corrected chi connectivity index (χ2v) is 6.11. The Labute approximate surface area is 98.4 Å². The third-order valence-electron chi connectivity index (χ3n) is 3.00. The third-order valence-corrected chi connectivity index (χ3v) is 4.13. The molecule has 1 saturated carbocycles. The minimum Gasteiger partial charge on any atom is -0.328 e. The predicted octanol–water partition coefficient (Wildman–Crippen LogP) is 0.338. The van der Waals surface area contributed by atoms with Gasteiger partial charge in [0.15, 0.2) is 0 Å². The van der Waals surface area contributed by atoms with Gasteiger partial charge in [-0.1, -0.05) is 6.92 Å².